The van der Waals surface area contributed by atoms with Crippen LogP contribution in [0.4, 0.5) is 0 Å². The highest BCUT2D eigenvalue weighted by Crippen LogP contribution is 2.16. The number of nitrogens with one attached hydrogen (secondary N) is 1. The SMILES string of the molecule is Cc1ccc(OCC(=O)NCc2ccc(-n3ccnc3)nc2)cc1C. The Hall–Kier alpha value is -3.15. The van der Waals surface area contributed by atoms with E-state index in [4.69, 9.17) is 4.74 Å². The smallest absolute Gasteiger partial charge is 0.258 e. The van der Waals surface area contributed by atoms with Crippen LogP contribution in [-0.4, -0.2) is 27.0 Å². The van der Waals surface area contributed by atoms with Crippen molar-refractivity contribution in [2.75, 3.05) is 6.61 Å². The van der Waals surface area contributed by atoms with Crippen molar-refractivity contribution in [1.29, 1.82) is 0 Å². The fraction of sp³-hybridized carbons (Fsp3) is 0.211. The van der Waals surface area contributed by atoms with E-state index in [9.17, 15) is 4.79 Å². The lowest BCUT2D eigenvalue weighted by atomic mass is 10.1. The molecule has 6 nitrogen and oxygen atoms in total. The summed E-state index contributed by atoms with van der Waals surface area (Å²) in [5, 5.41) is 2.83. The summed E-state index contributed by atoms with van der Waals surface area (Å²) in [6.07, 6.45) is 6.95. The molecule has 0 spiro atoms. The molecule has 3 rings (SSSR count). The maximum atomic E-state index is 11.9. The fourth-order valence-corrected chi connectivity index (χ4v) is 2.27. The number of imidazole rings is 1. The minimum atomic E-state index is -0.170. The molecule has 1 amide bonds. The van der Waals surface area contributed by atoms with E-state index in [1.807, 2.05) is 54.9 Å². The highest BCUT2D eigenvalue weighted by molar-refractivity contribution is 5.77. The Labute approximate surface area is 146 Å². The molecule has 1 aromatic carbocycles. The molecule has 0 radical (unpaired) electrons. The van der Waals surface area contributed by atoms with Crippen molar-refractivity contribution in [3.05, 3.63) is 71.9 Å². The second kappa shape index (κ2) is 7.61. The van der Waals surface area contributed by atoms with Gasteiger partial charge in [-0.25, -0.2) is 9.97 Å². The van der Waals surface area contributed by atoms with E-state index in [1.54, 1.807) is 18.7 Å². The normalized spacial score (nSPS) is 10.5. The molecule has 1 N–H and O–H groups in total. The Kier molecular flexibility index (Phi) is 5.09. The summed E-state index contributed by atoms with van der Waals surface area (Å²) in [5.74, 6) is 1.31. The van der Waals surface area contributed by atoms with Crippen LogP contribution >= 0.6 is 0 Å². The van der Waals surface area contributed by atoms with E-state index in [-0.39, 0.29) is 12.5 Å². The van der Waals surface area contributed by atoms with Gasteiger partial charge in [-0.1, -0.05) is 12.1 Å². The number of rotatable bonds is 6. The molecule has 0 saturated carbocycles. The molecule has 2 aromatic heterocycles. The monoisotopic (exact) mass is 336 g/mol. The Morgan fingerprint density at radius 2 is 2.08 bits per heavy atom. The van der Waals surface area contributed by atoms with Gasteiger partial charge in [-0.2, -0.15) is 0 Å². The van der Waals surface area contributed by atoms with Crippen molar-refractivity contribution in [2.45, 2.75) is 20.4 Å². The highest BCUT2D eigenvalue weighted by Gasteiger charge is 2.05. The maximum absolute atomic E-state index is 11.9. The predicted molar refractivity (Wildman–Crippen MR) is 94.6 cm³/mol. The van der Waals surface area contributed by atoms with Gasteiger partial charge in [0.15, 0.2) is 6.61 Å². The van der Waals surface area contributed by atoms with Gasteiger partial charge >= 0.3 is 0 Å². The summed E-state index contributed by atoms with van der Waals surface area (Å²) < 4.78 is 7.34. The minimum Gasteiger partial charge on any atom is -0.484 e. The Morgan fingerprint density at radius 3 is 2.76 bits per heavy atom. The van der Waals surface area contributed by atoms with Crippen LogP contribution in [0.1, 0.15) is 16.7 Å². The zero-order chi connectivity index (χ0) is 17.6. The van der Waals surface area contributed by atoms with Crippen molar-refractivity contribution in [1.82, 2.24) is 19.9 Å². The number of carbonyl (C=O) groups is 1. The van der Waals surface area contributed by atoms with Gasteiger partial charge in [-0.3, -0.25) is 9.36 Å². The zero-order valence-corrected chi connectivity index (χ0v) is 14.3. The molecule has 0 unspecified atom stereocenters. The van der Waals surface area contributed by atoms with Crippen LogP contribution in [0.15, 0.2) is 55.2 Å². The lowest BCUT2D eigenvalue weighted by molar-refractivity contribution is -0.123. The molecule has 3 aromatic rings. The van der Waals surface area contributed by atoms with Gasteiger partial charge in [0.2, 0.25) is 0 Å². The number of carbonyl (C=O) groups excluding carboxylic acids is 1. The summed E-state index contributed by atoms with van der Waals surface area (Å²) in [6, 6.07) is 9.59. The molecule has 0 fully saturated rings. The Bertz CT molecular complexity index is 842. The molecule has 0 aliphatic carbocycles. The van der Waals surface area contributed by atoms with Crippen molar-refractivity contribution in [2.24, 2.45) is 0 Å². The number of nitrogens with zero attached hydrogens (tertiary/aromatic N) is 3. The average Bonchev–Trinajstić information content (AvgIpc) is 3.16. The number of benzene rings is 1. The van der Waals surface area contributed by atoms with E-state index < -0.39 is 0 Å². The summed E-state index contributed by atoms with van der Waals surface area (Å²) in [7, 11) is 0. The Balaban J connectivity index is 1.48. The molecule has 0 saturated heterocycles. The number of aromatic nitrogens is 3. The van der Waals surface area contributed by atoms with E-state index in [0.717, 1.165) is 16.9 Å². The molecule has 0 aliphatic heterocycles. The van der Waals surface area contributed by atoms with Gasteiger partial charge in [-0.05, 0) is 48.7 Å². The molecule has 0 atom stereocenters. The third-order valence-corrected chi connectivity index (χ3v) is 3.92. The van der Waals surface area contributed by atoms with Gasteiger partial charge in [0.25, 0.3) is 5.91 Å². The van der Waals surface area contributed by atoms with Crippen molar-refractivity contribution in [3.8, 4) is 11.6 Å². The second-order valence-corrected chi connectivity index (χ2v) is 5.81. The summed E-state index contributed by atoms with van der Waals surface area (Å²) >= 11 is 0. The minimum absolute atomic E-state index is 0.0109. The predicted octanol–water partition coefficient (Wildman–Crippen LogP) is 2.58. The zero-order valence-electron chi connectivity index (χ0n) is 14.3. The first kappa shape index (κ1) is 16.7. The van der Waals surface area contributed by atoms with Crippen LogP contribution in [0.25, 0.3) is 5.82 Å². The molecule has 128 valence electrons. The van der Waals surface area contributed by atoms with E-state index in [0.29, 0.717) is 12.3 Å². The second-order valence-electron chi connectivity index (χ2n) is 5.81. The van der Waals surface area contributed by atoms with Gasteiger partial charge in [0.1, 0.15) is 17.9 Å². The van der Waals surface area contributed by atoms with Crippen molar-refractivity contribution < 1.29 is 9.53 Å². The number of pyridine rings is 1. The van der Waals surface area contributed by atoms with Crippen LogP contribution in [0.3, 0.4) is 0 Å². The molecular weight excluding hydrogens is 316 g/mol. The first-order chi connectivity index (χ1) is 12.1. The molecular formula is C19H20N4O2. The van der Waals surface area contributed by atoms with Gasteiger partial charge < -0.3 is 10.1 Å². The van der Waals surface area contributed by atoms with Gasteiger partial charge in [-0.15, -0.1) is 0 Å². The standard InChI is InChI=1S/C19H20N4O2/c1-14-3-5-17(9-15(14)2)25-12-19(24)22-11-16-4-6-18(21-10-16)23-8-7-20-13-23/h3-10,13H,11-12H2,1-2H3,(H,22,24). The number of ether oxygens (including phenoxy) is 1. The summed E-state index contributed by atoms with van der Waals surface area (Å²) in [6.45, 7) is 4.45. The first-order valence-electron chi connectivity index (χ1n) is 8.02. The largest absolute Gasteiger partial charge is 0.484 e. The van der Waals surface area contributed by atoms with Crippen LogP contribution in [-0.2, 0) is 11.3 Å². The van der Waals surface area contributed by atoms with Crippen molar-refractivity contribution in [3.63, 3.8) is 0 Å². The third kappa shape index (κ3) is 4.44. The molecule has 6 heteroatoms. The van der Waals surface area contributed by atoms with Crippen molar-refractivity contribution >= 4 is 5.91 Å². The molecule has 0 aliphatic rings. The topological polar surface area (TPSA) is 69.0 Å². The Morgan fingerprint density at radius 1 is 1.20 bits per heavy atom. The maximum Gasteiger partial charge on any atom is 0.258 e. The number of hydrogen-bond acceptors (Lipinski definition) is 4. The lowest BCUT2D eigenvalue weighted by Gasteiger charge is -2.09. The van der Waals surface area contributed by atoms with E-state index >= 15 is 0 Å². The van der Waals surface area contributed by atoms with Crippen LogP contribution in [0.5, 0.6) is 5.75 Å². The number of amides is 1. The van der Waals surface area contributed by atoms with Crippen LogP contribution in [0, 0.1) is 13.8 Å². The lowest BCUT2D eigenvalue weighted by Crippen LogP contribution is -2.28. The van der Waals surface area contributed by atoms with Gasteiger partial charge in [0, 0.05) is 25.1 Å². The van der Waals surface area contributed by atoms with Crippen LogP contribution < -0.4 is 10.1 Å². The summed E-state index contributed by atoms with van der Waals surface area (Å²) in [5.41, 5.74) is 3.26. The highest BCUT2D eigenvalue weighted by atomic mass is 16.5. The molecule has 25 heavy (non-hydrogen) atoms. The summed E-state index contributed by atoms with van der Waals surface area (Å²) in [4.78, 5) is 20.3. The van der Waals surface area contributed by atoms with Crippen LogP contribution in [0.2, 0.25) is 0 Å². The molecule has 2 heterocycles. The van der Waals surface area contributed by atoms with E-state index in [2.05, 4.69) is 15.3 Å². The molecule has 0 bridgehead atoms. The number of hydrogen-bond donors (Lipinski definition) is 1. The first-order valence-corrected chi connectivity index (χ1v) is 8.02. The average molecular weight is 336 g/mol. The fourth-order valence-electron chi connectivity index (χ4n) is 2.27. The third-order valence-electron chi connectivity index (χ3n) is 3.92. The van der Waals surface area contributed by atoms with Gasteiger partial charge in [0.05, 0.1) is 0 Å². The van der Waals surface area contributed by atoms with E-state index in [1.165, 1.54) is 5.56 Å². The number of aryl methyl sites for hydroxylation is 2. The quantitative estimate of drug-likeness (QED) is 0.751.